The van der Waals surface area contributed by atoms with Gasteiger partial charge in [-0.3, -0.25) is 0 Å². The van der Waals surface area contributed by atoms with E-state index in [-0.39, 0.29) is 5.69 Å². The van der Waals surface area contributed by atoms with E-state index >= 15 is 0 Å². The van der Waals surface area contributed by atoms with E-state index in [1.54, 1.807) is 25.4 Å². The first-order valence-corrected chi connectivity index (χ1v) is 6.08. The number of nitrogens with zero attached hydrogens (tertiary/aromatic N) is 2. The molecule has 20 heavy (non-hydrogen) atoms. The van der Waals surface area contributed by atoms with Crippen LogP contribution < -0.4 is 10.1 Å². The van der Waals surface area contributed by atoms with Crippen LogP contribution in [-0.4, -0.2) is 28.2 Å². The summed E-state index contributed by atoms with van der Waals surface area (Å²) in [5.41, 5.74) is 1.65. The van der Waals surface area contributed by atoms with Crippen molar-refractivity contribution in [3.05, 3.63) is 53.5 Å². The maximum absolute atomic E-state index is 10.8. The smallest absolute Gasteiger partial charge is 0.354 e. The van der Waals surface area contributed by atoms with E-state index < -0.39 is 5.97 Å². The van der Waals surface area contributed by atoms with E-state index in [2.05, 4.69) is 15.3 Å². The van der Waals surface area contributed by atoms with E-state index in [4.69, 9.17) is 9.84 Å². The normalized spacial score (nSPS) is 10.2. The number of carbonyl (C=O) groups is 1. The van der Waals surface area contributed by atoms with E-state index in [1.807, 2.05) is 12.1 Å². The molecular weight excluding hydrogens is 258 g/mol. The molecular formula is C14H15N3O3. The molecule has 104 valence electrons. The predicted molar refractivity (Wildman–Crippen MR) is 72.5 cm³/mol. The van der Waals surface area contributed by atoms with E-state index in [0.717, 1.165) is 5.56 Å². The van der Waals surface area contributed by atoms with Gasteiger partial charge < -0.3 is 15.2 Å². The number of rotatable bonds is 6. The molecule has 0 saturated heterocycles. The Morgan fingerprint density at radius 3 is 2.90 bits per heavy atom. The van der Waals surface area contributed by atoms with E-state index in [0.29, 0.717) is 24.7 Å². The van der Waals surface area contributed by atoms with Crippen molar-refractivity contribution in [1.29, 1.82) is 0 Å². The number of aromatic carboxylic acids is 1. The molecule has 0 saturated carbocycles. The highest BCUT2D eigenvalue weighted by atomic mass is 16.5. The lowest BCUT2D eigenvalue weighted by Crippen LogP contribution is -2.15. The van der Waals surface area contributed by atoms with Gasteiger partial charge >= 0.3 is 5.97 Å². The van der Waals surface area contributed by atoms with Crippen LogP contribution in [0.3, 0.4) is 0 Å². The molecule has 2 aromatic heterocycles. The Morgan fingerprint density at radius 2 is 2.15 bits per heavy atom. The second-order valence-electron chi connectivity index (χ2n) is 4.09. The minimum absolute atomic E-state index is 0.0447. The minimum Gasteiger partial charge on any atom is -0.481 e. The number of nitrogens with one attached hydrogen (secondary N) is 1. The monoisotopic (exact) mass is 273 g/mol. The first-order valence-electron chi connectivity index (χ1n) is 6.08. The topological polar surface area (TPSA) is 84.3 Å². The zero-order chi connectivity index (χ0) is 14.4. The summed E-state index contributed by atoms with van der Waals surface area (Å²) in [6, 6.07) is 8.68. The fraction of sp³-hybridized carbons (Fsp3) is 0.214. The lowest BCUT2D eigenvalue weighted by Gasteiger charge is -2.08. The molecule has 2 rings (SSSR count). The number of carboxylic acid groups (broad SMARTS) is 1. The maximum atomic E-state index is 10.8. The van der Waals surface area contributed by atoms with Crippen molar-refractivity contribution in [1.82, 2.24) is 15.3 Å². The van der Waals surface area contributed by atoms with Gasteiger partial charge in [0.15, 0.2) is 0 Å². The molecule has 0 bridgehead atoms. The standard InChI is InChI=1S/C14H15N3O3/c1-20-13-10(4-3-7-16-13)8-15-9-11-5-2-6-12(17-11)14(18)19/h2-7,15H,8-9H2,1H3,(H,18,19). The first-order chi connectivity index (χ1) is 9.70. The Morgan fingerprint density at radius 1 is 1.30 bits per heavy atom. The van der Waals surface area contributed by atoms with Crippen molar-refractivity contribution >= 4 is 5.97 Å². The Kier molecular flexibility index (Phi) is 4.62. The molecule has 0 unspecified atom stereocenters. The summed E-state index contributed by atoms with van der Waals surface area (Å²) in [5.74, 6) is -0.451. The molecule has 0 aliphatic heterocycles. The molecule has 0 fully saturated rings. The molecule has 0 radical (unpaired) electrons. The summed E-state index contributed by atoms with van der Waals surface area (Å²) in [6.07, 6.45) is 1.67. The highest BCUT2D eigenvalue weighted by molar-refractivity contribution is 5.85. The molecule has 2 aromatic rings. The Labute approximate surface area is 116 Å². The molecule has 0 atom stereocenters. The second kappa shape index (κ2) is 6.63. The molecule has 0 aliphatic rings. The third kappa shape index (κ3) is 3.52. The largest absolute Gasteiger partial charge is 0.481 e. The predicted octanol–water partition coefficient (Wildman–Crippen LogP) is 1.47. The SMILES string of the molecule is COc1ncccc1CNCc1cccc(C(=O)O)n1. The Bertz CT molecular complexity index is 602. The number of carboxylic acids is 1. The summed E-state index contributed by atoms with van der Waals surface area (Å²) >= 11 is 0. The van der Waals surface area contributed by atoms with Crippen LogP contribution in [0.2, 0.25) is 0 Å². The quantitative estimate of drug-likeness (QED) is 0.829. The van der Waals surface area contributed by atoms with E-state index in [1.165, 1.54) is 6.07 Å². The third-order valence-electron chi connectivity index (χ3n) is 2.69. The van der Waals surface area contributed by atoms with Crippen LogP contribution >= 0.6 is 0 Å². The lowest BCUT2D eigenvalue weighted by atomic mass is 10.2. The van der Waals surface area contributed by atoms with Gasteiger partial charge in [-0.25, -0.2) is 14.8 Å². The van der Waals surface area contributed by atoms with E-state index in [9.17, 15) is 4.79 Å². The lowest BCUT2D eigenvalue weighted by molar-refractivity contribution is 0.0690. The number of hydrogen-bond donors (Lipinski definition) is 2. The van der Waals surface area contributed by atoms with Crippen LogP contribution in [-0.2, 0) is 13.1 Å². The Balaban J connectivity index is 1.96. The minimum atomic E-state index is -1.03. The fourth-order valence-corrected chi connectivity index (χ4v) is 1.76. The average Bonchev–Trinajstić information content (AvgIpc) is 2.48. The van der Waals surface area contributed by atoms with Crippen LogP contribution in [0.4, 0.5) is 0 Å². The average molecular weight is 273 g/mol. The van der Waals surface area contributed by atoms with Gasteiger partial charge in [-0.05, 0) is 18.2 Å². The summed E-state index contributed by atoms with van der Waals surface area (Å²) in [6.45, 7) is 1.04. The van der Waals surface area contributed by atoms with Gasteiger partial charge in [0.05, 0.1) is 12.8 Å². The summed E-state index contributed by atoms with van der Waals surface area (Å²) in [4.78, 5) is 19.0. The highest BCUT2D eigenvalue weighted by Crippen LogP contribution is 2.13. The van der Waals surface area contributed by atoms with Gasteiger partial charge in [0.25, 0.3) is 0 Å². The van der Waals surface area contributed by atoms with Crippen molar-refractivity contribution in [2.75, 3.05) is 7.11 Å². The molecule has 0 aliphatic carbocycles. The zero-order valence-electron chi connectivity index (χ0n) is 11.0. The van der Waals surface area contributed by atoms with Gasteiger partial charge in [-0.1, -0.05) is 12.1 Å². The van der Waals surface area contributed by atoms with Gasteiger partial charge in [-0.15, -0.1) is 0 Å². The number of methoxy groups -OCH3 is 1. The molecule has 0 aromatic carbocycles. The number of pyridine rings is 2. The maximum Gasteiger partial charge on any atom is 0.354 e. The van der Waals surface area contributed by atoms with Crippen molar-refractivity contribution in [3.8, 4) is 5.88 Å². The number of ether oxygens (including phenoxy) is 1. The van der Waals surface area contributed by atoms with Crippen molar-refractivity contribution < 1.29 is 14.6 Å². The van der Waals surface area contributed by atoms with Crippen LogP contribution in [0.25, 0.3) is 0 Å². The second-order valence-corrected chi connectivity index (χ2v) is 4.09. The molecule has 0 spiro atoms. The summed E-state index contributed by atoms with van der Waals surface area (Å²) in [7, 11) is 1.57. The van der Waals surface area contributed by atoms with Gasteiger partial charge in [0.2, 0.25) is 5.88 Å². The van der Waals surface area contributed by atoms with Gasteiger partial charge in [0.1, 0.15) is 5.69 Å². The third-order valence-corrected chi connectivity index (χ3v) is 2.69. The summed E-state index contributed by atoms with van der Waals surface area (Å²) in [5, 5.41) is 12.1. The molecule has 6 nitrogen and oxygen atoms in total. The first kappa shape index (κ1) is 14.0. The molecule has 6 heteroatoms. The van der Waals surface area contributed by atoms with Crippen molar-refractivity contribution in [2.24, 2.45) is 0 Å². The van der Waals surface area contributed by atoms with Crippen LogP contribution in [0.15, 0.2) is 36.5 Å². The number of aromatic nitrogens is 2. The summed E-state index contributed by atoms with van der Waals surface area (Å²) < 4.78 is 5.15. The molecule has 2 N–H and O–H groups in total. The molecule has 0 amide bonds. The number of hydrogen-bond acceptors (Lipinski definition) is 5. The van der Waals surface area contributed by atoms with Crippen LogP contribution in [0.1, 0.15) is 21.7 Å². The zero-order valence-corrected chi connectivity index (χ0v) is 11.0. The van der Waals surface area contributed by atoms with Crippen molar-refractivity contribution in [2.45, 2.75) is 13.1 Å². The van der Waals surface area contributed by atoms with Gasteiger partial charge in [0, 0.05) is 24.8 Å². The molecule has 2 heterocycles. The Hall–Kier alpha value is -2.47. The highest BCUT2D eigenvalue weighted by Gasteiger charge is 2.06. The van der Waals surface area contributed by atoms with Crippen molar-refractivity contribution in [3.63, 3.8) is 0 Å². The van der Waals surface area contributed by atoms with Crippen LogP contribution in [0, 0.1) is 0 Å². The van der Waals surface area contributed by atoms with Gasteiger partial charge in [-0.2, -0.15) is 0 Å². The fourth-order valence-electron chi connectivity index (χ4n) is 1.76. The van der Waals surface area contributed by atoms with Crippen LogP contribution in [0.5, 0.6) is 5.88 Å².